The fourth-order valence-electron chi connectivity index (χ4n) is 4.64. The molecular formula is C28H28Cl4N2O2. The number of rotatable bonds is 6. The number of carbonyl (C=O) groups is 1. The topological polar surface area (TPSA) is 50.4 Å². The summed E-state index contributed by atoms with van der Waals surface area (Å²) in [6.07, 6.45) is 0. The van der Waals surface area contributed by atoms with Gasteiger partial charge in [-0.05, 0) is 77.0 Å². The predicted octanol–water partition coefficient (Wildman–Crippen LogP) is 7.94. The molecule has 1 unspecified atom stereocenters. The zero-order valence-corrected chi connectivity index (χ0v) is 23.5. The Labute approximate surface area is 232 Å². The van der Waals surface area contributed by atoms with E-state index in [2.05, 4.69) is 31.4 Å². The molecule has 3 aromatic rings. The lowest BCUT2D eigenvalue weighted by Crippen LogP contribution is -2.51. The summed E-state index contributed by atoms with van der Waals surface area (Å²) < 4.78 is 6.04. The van der Waals surface area contributed by atoms with Crippen LogP contribution in [0.4, 0.5) is 0 Å². The van der Waals surface area contributed by atoms with Crippen molar-refractivity contribution in [3.8, 4) is 5.75 Å². The van der Waals surface area contributed by atoms with Gasteiger partial charge in [0.25, 0.3) is 5.24 Å². The lowest BCUT2D eigenvalue weighted by Gasteiger charge is -2.31. The summed E-state index contributed by atoms with van der Waals surface area (Å²) in [5.74, 6) is 0.535. The minimum absolute atomic E-state index is 0.228. The van der Waals surface area contributed by atoms with Gasteiger partial charge >= 0.3 is 0 Å². The van der Waals surface area contributed by atoms with Crippen molar-refractivity contribution >= 4 is 51.6 Å². The number of hydrogen-bond donors (Lipinski definition) is 2. The van der Waals surface area contributed by atoms with Crippen LogP contribution in [0, 0.1) is 0 Å². The van der Waals surface area contributed by atoms with Gasteiger partial charge in [-0.2, -0.15) is 0 Å². The smallest absolute Gasteiger partial charge is 0.261 e. The summed E-state index contributed by atoms with van der Waals surface area (Å²) in [5, 5.41) is 8.14. The molecule has 3 atom stereocenters. The highest BCUT2D eigenvalue weighted by Crippen LogP contribution is 2.46. The molecule has 8 heteroatoms. The lowest BCUT2D eigenvalue weighted by molar-refractivity contribution is -0.118. The summed E-state index contributed by atoms with van der Waals surface area (Å²) >= 11 is 25.5. The highest BCUT2D eigenvalue weighted by atomic mass is 35.5. The van der Waals surface area contributed by atoms with Crippen LogP contribution < -0.4 is 15.4 Å². The van der Waals surface area contributed by atoms with E-state index < -0.39 is 10.9 Å². The number of ether oxygens (including phenoxy) is 1. The maximum absolute atomic E-state index is 13.3. The summed E-state index contributed by atoms with van der Waals surface area (Å²) in [6.45, 7) is 8.53. The van der Waals surface area contributed by atoms with Crippen molar-refractivity contribution < 1.29 is 9.53 Å². The van der Waals surface area contributed by atoms with Crippen LogP contribution in [0.1, 0.15) is 62.0 Å². The third kappa shape index (κ3) is 5.26. The Balaban J connectivity index is 1.91. The first-order chi connectivity index (χ1) is 17.0. The molecule has 0 aromatic heterocycles. The van der Waals surface area contributed by atoms with Crippen molar-refractivity contribution in [1.82, 2.24) is 10.6 Å². The molecular weight excluding hydrogens is 538 g/mol. The Morgan fingerprint density at radius 2 is 1.36 bits per heavy atom. The van der Waals surface area contributed by atoms with Crippen LogP contribution in [0.5, 0.6) is 5.75 Å². The van der Waals surface area contributed by atoms with Gasteiger partial charge in [0.1, 0.15) is 5.75 Å². The van der Waals surface area contributed by atoms with Gasteiger partial charge in [0.05, 0.1) is 18.7 Å². The standard InChI is InChI=1S/C28H28Cl4N2O2/c1-5-36-23-15-20(27(2,3)4)22(31)14-21(23)28(26(32)35)33-24(16-6-10-18(29)11-7-16)25(34-28)17-8-12-19(30)13-9-17/h6-15,24-25,33-34H,5H2,1-4H3/t24-,25+,28?. The van der Waals surface area contributed by atoms with Gasteiger partial charge in [-0.3, -0.25) is 15.4 Å². The molecule has 2 N–H and O–H groups in total. The van der Waals surface area contributed by atoms with Crippen LogP contribution >= 0.6 is 46.4 Å². The normalized spacial score (nSPS) is 22.0. The van der Waals surface area contributed by atoms with E-state index in [1.165, 1.54) is 0 Å². The third-order valence-corrected chi connectivity index (χ3v) is 7.51. The van der Waals surface area contributed by atoms with Crippen molar-refractivity contribution in [2.75, 3.05) is 6.61 Å². The Hall–Kier alpha value is -1.79. The zero-order chi connectivity index (χ0) is 26.3. The van der Waals surface area contributed by atoms with Gasteiger partial charge in [-0.15, -0.1) is 0 Å². The molecule has 36 heavy (non-hydrogen) atoms. The molecule has 0 amide bonds. The van der Waals surface area contributed by atoms with Gasteiger partial charge in [-0.1, -0.05) is 79.8 Å². The van der Waals surface area contributed by atoms with Gasteiger partial charge in [0.2, 0.25) is 0 Å². The van der Waals surface area contributed by atoms with E-state index in [4.69, 9.17) is 51.1 Å². The maximum atomic E-state index is 13.3. The van der Waals surface area contributed by atoms with Crippen molar-refractivity contribution in [2.24, 2.45) is 0 Å². The van der Waals surface area contributed by atoms with Gasteiger partial charge in [0.15, 0.2) is 5.66 Å². The Morgan fingerprint density at radius 1 is 0.889 bits per heavy atom. The summed E-state index contributed by atoms with van der Waals surface area (Å²) in [5.41, 5.74) is 1.60. The average Bonchev–Trinajstić information content (AvgIpc) is 3.22. The highest BCUT2D eigenvalue weighted by molar-refractivity contribution is 6.65. The fraction of sp³-hybridized carbons (Fsp3) is 0.321. The van der Waals surface area contributed by atoms with Crippen molar-refractivity contribution in [1.29, 1.82) is 0 Å². The van der Waals surface area contributed by atoms with E-state index in [9.17, 15) is 4.79 Å². The molecule has 4 nitrogen and oxygen atoms in total. The van der Waals surface area contributed by atoms with Gasteiger partial charge < -0.3 is 4.74 Å². The van der Waals surface area contributed by atoms with Crippen LogP contribution in [-0.4, -0.2) is 11.8 Å². The molecule has 190 valence electrons. The quantitative estimate of drug-likeness (QED) is 0.298. The highest BCUT2D eigenvalue weighted by Gasteiger charge is 2.52. The minimum Gasteiger partial charge on any atom is -0.493 e. The summed E-state index contributed by atoms with van der Waals surface area (Å²) in [4.78, 5) is 13.3. The Morgan fingerprint density at radius 3 is 1.75 bits per heavy atom. The van der Waals surface area contributed by atoms with Gasteiger partial charge in [0, 0.05) is 20.6 Å². The molecule has 1 saturated heterocycles. The van der Waals surface area contributed by atoms with Crippen LogP contribution in [0.25, 0.3) is 0 Å². The molecule has 0 saturated carbocycles. The molecule has 1 aliphatic rings. The molecule has 1 aliphatic heterocycles. The van der Waals surface area contributed by atoms with E-state index in [1.54, 1.807) is 6.07 Å². The van der Waals surface area contributed by atoms with E-state index in [-0.39, 0.29) is 17.5 Å². The van der Waals surface area contributed by atoms with E-state index in [0.717, 1.165) is 16.7 Å². The molecule has 1 fully saturated rings. The number of nitrogens with one attached hydrogen (secondary N) is 2. The SMILES string of the molecule is CCOc1cc(C(C)(C)C)c(Cl)cc1C1(C(=O)Cl)N[C@H](c2ccc(Cl)cc2)[C@H](c2ccc(Cl)cc2)N1. The van der Waals surface area contributed by atoms with Crippen LogP contribution in [0.3, 0.4) is 0 Å². The first-order valence-electron chi connectivity index (χ1n) is 11.7. The van der Waals surface area contributed by atoms with Crippen molar-refractivity contribution in [3.63, 3.8) is 0 Å². The monoisotopic (exact) mass is 564 g/mol. The van der Waals surface area contributed by atoms with Crippen LogP contribution in [-0.2, 0) is 15.9 Å². The predicted molar refractivity (Wildman–Crippen MR) is 149 cm³/mol. The molecule has 0 spiro atoms. The van der Waals surface area contributed by atoms with Crippen molar-refractivity contribution in [2.45, 2.75) is 50.9 Å². The number of halogens is 4. The number of benzene rings is 3. The average molecular weight is 566 g/mol. The molecule has 4 rings (SSSR count). The third-order valence-electron chi connectivity index (χ3n) is 6.41. The second-order valence-corrected chi connectivity index (χ2v) is 11.5. The second-order valence-electron chi connectivity index (χ2n) is 9.88. The molecule has 0 bridgehead atoms. The van der Waals surface area contributed by atoms with E-state index >= 15 is 0 Å². The van der Waals surface area contributed by atoms with E-state index in [1.807, 2.05) is 61.5 Å². The Bertz CT molecular complexity index is 1200. The molecule has 3 aromatic carbocycles. The molecule has 0 aliphatic carbocycles. The first-order valence-corrected chi connectivity index (χ1v) is 13.2. The van der Waals surface area contributed by atoms with Crippen molar-refractivity contribution in [3.05, 3.63) is 98.0 Å². The Kier molecular flexibility index (Phi) is 7.97. The largest absolute Gasteiger partial charge is 0.493 e. The molecule has 0 radical (unpaired) electrons. The summed E-state index contributed by atoms with van der Waals surface area (Å²) in [7, 11) is 0. The zero-order valence-electron chi connectivity index (χ0n) is 20.5. The van der Waals surface area contributed by atoms with E-state index in [0.29, 0.717) is 33.0 Å². The number of carbonyl (C=O) groups excluding carboxylic acids is 1. The van der Waals surface area contributed by atoms with Gasteiger partial charge in [-0.25, -0.2) is 0 Å². The summed E-state index contributed by atoms with van der Waals surface area (Å²) in [6, 6.07) is 18.0. The fourth-order valence-corrected chi connectivity index (χ4v) is 5.55. The first kappa shape index (κ1) is 27.3. The van der Waals surface area contributed by atoms with Crippen LogP contribution in [0.15, 0.2) is 60.7 Å². The molecule has 1 heterocycles. The maximum Gasteiger partial charge on any atom is 0.261 e. The lowest BCUT2D eigenvalue weighted by atomic mass is 9.85. The minimum atomic E-state index is -1.47. The van der Waals surface area contributed by atoms with Crippen LogP contribution in [0.2, 0.25) is 15.1 Å². The second kappa shape index (κ2) is 10.5. The number of hydrogen-bond acceptors (Lipinski definition) is 4.